The van der Waals surface area contributed by atoms with Crippen LogP contribution in [0.5, 0.6) is 0 Å². The van der Waals surface area contributed by atoms with Crippen molar-refractivity contribution in [2.75, 3.05) is 11.1 Å². The standard InChI is InChI=1S/C24H22ClN5O3/c1-12(26)17-11-16(7-8-18(17)27)29-23(31)21-13(2)28-24(32)30-22(21)20-10-9-19(33-20)14-3-5-15(25)6-4-14/h3-11,22,26H,27H2,1-2H3,(H,29,31)(H2,28,30,32). The number of rotatable bonds is 5. The van der Waals surface area contributed by atoms with Gasteiger partial charge in [0.25, 0.3) is 5.91 Å². The molecule has 168 valence electrons. The fraction of sp³-hybridized carbons (Fsp3) is 0.125. The third kappa shape index (κ3) is 4.61. The number of furan rings is 1. The summed E-state index contributed by atoms with van der Waals surface area (Å²) in [7, 11) is 0. The Morgan fingerprint density at radius 2 is 1.88 bits per heavy atom. The number of nitrogens with two attached hydrogens (primary N) is 1. The minimum Gasteiger partial charge on any atom is -0.459 e. The molecule has 1 unspecified atom stereocenters. The average Bonchev–Trinajstić information content (AvgIpc) is 3.25. The molecule has 9 heteroatoms. The van der Waals surface area contributed by atoms with Gasteiger partial charge in [-0.2, -0.15) is 0 Å². The molecular weight excluding hydrogens is 442 g/mol. The fourth-order valence-electron chi connectivity index (χ4n) is 3.64. The number of benzene rings is 2. The second-order valence-electron chi connectivity index (χ2n) is 7.66. The third-order valence-electron chi connectivity index (χ3n) is 5.27. The summed E-state index contributed by atoms with van der Waals surface area (Å²) in [5.41, 5.74) is 9.19. The normalized spacial score (nSPS) is 15.6. The Morgan fingerprint density at radius 1 is 1.15 bits per heavy atom. The lowest BCUT2D eigenvalue weighted by atomic mass is 9.99. The van der Waals surface area contributed by atoms with Crippen LogP contribution in [0.15, 0.2) is 70.3 Å². The van der Waals surface area contributed by atoms with E-state index in [-0.39, 0.29) is 5.71 Å². The SMILES string of the molecule is CC(=N)c1cc(NC(=O)C2=C(C)NC(=O)NC2c2ccc(-c3ccc(Cl)cc3)o2)ccc1N. The summed E-state index contributed by atoms with van der Waals surface area (Å²) in [6.45, 7) is 3.27. The number of anilines is 2. The molecule has 0 fully saturated rings. The highest BCUT2D eigenvalue weighted by molar-refractivity contribution is 6.30. The minimum atomic E-state index is -0.794. The van der Waals surface area contributed by atoms with Crippen molar-refractivity contribution < 1.29 is 14.0 Å². The first-order chi connectivity index (χ1) is 15.7. The van der Waals surface area contributed by atoms with Crippen molar-refractivity contribution in [3.63, 3.8) is 0 Å². The molecule has 6 N–H and O–H groups in total. The van der Waals surface area contributed by atoms with Gasteiger partial charge in [0.2, 0.25) is 0 Å². The number of urea groups is 1. The quantitative estimate of drug-likeness (QED) is 0.273. The lowest BCUT2D eigenvalue weighted by Crippen LogP contribution is -2.45. The van der Waals surface area contributed by atoms with Gasteiger partial charge in [0, 0.05) is 38.9 Å². The Bertz CT molecular complexity index is 1290. The van der Waals surface area contributed by atoms with E-state index in [9.17, 15) is 9.59 Å². The van der Waals surface area contributed by atoms with Gasteiger partial charge in [-0.3, -0.25) is 4.79 Å². The smallest absolute Gasteiger partial charge is 0.319 e. The monoisotopic (exact) mass is 463 g/mol. The van der Waals surface area contributed by atoms with Gasteiger partial charge in [-0.25, -0.2) is 4.79 Å². The van der Waals surface area contributed by atoms with E-state index >= 15 is 0 Å². The van der Waals surface area contributed by atoms with Crippen LogP contribution in [-0.2, 0) is 4.79 Å². The number of carbonyl (C=O) groups excluding carboxylic acids is 2. The van der Waals surface area contributed by atoms with Crippen LogP contribution < -0.4 is 21.7 Å². The number of allylic oxidation sites excluding steroid dienone is 1. The van der Waals surface area contributed by atoms with Gasteiger partial charge in [-0.1, -0.05) is 11.6 Å². The van der Waals surface area contributed by atoms with E-state index in [1.54, 1.807) is 56.3 Å². The lowest BCUT2D eigenvalue weighted by Gasteiger charge is -2.27. The van der Waals surface area contributed by atoms with E-state index in [4.69, 9.17) is 27.2 Å². The Labute approximate surface area is 195 Å². The van der Waals surface area contributed by atoms with Gasteiger partial charge in [-0.15, -0.1) is 0 Å². The van der Waals surface area contributed by atoms with Crippen molar-refractivity contribution in [1.82, 2.24) is 10.6 Å². The van der Waals surface area contributed by atoms with Crippen LogP contribution in [0.3, 0.4) is 0 Å². The molecule has 1 atom stereocenters. The molecule has 4 rings (SSSR count). The Kier molecular flexibility index (Phi) is 5.93. The summed E-state index contributed by atoms with van der Waals surface area (Å²) in [5.74, 6) is 0.567. The maximum atomic E-state index is 13.2. The summed E-state index contributed by atoms with van der Waals surface area (Å²) >= 11 is 5.96. The minimum absolute atomic E-state index is 0.286. The zero-order valence-corrected chi connectivity index (χ0v) is 18.7. The number of hydrogen-bond acceptors (Lipinski definition) is 5. The summed E-state index contributed by atoms with van der Waals surface area (Å²) in [6, 6.07) is 14.4. The van der Waals surface area contributed by atoms with Crippen molar-refractivity contribution in [2.24, 2.45) is 0 Å². The number of halogens is 1. The van der Waals surface area contributed by atoms with Crippen molar-refractivity contribution >= 4 is 40.6 Å². The van der Waals surface area contributed by atoms with E-state index in [1.807, 2.05) is 12.1 Å². The summed E-state index contributed by atoms with van der Waals surface area (Å²) < 4.78 is 6.00. The Hall–Kier alpha value is -4.04. The van der Waals surface area contributed by atoms with Crippen molar-refractivity contribution in [1.29, 1.82) is 5.41 Å². The number of amides is 3. The van der Waals surface area contributed by atoms with Gasteiger partial charge < -0.3 is 31.5 Å². The molecule has 0 aliphatic carbocycles. The van der Waals surface area contributed by atoms with Gasteiger partial charge in [0.1, 0.15) is 17.6 Å². The second-order valence-corrected chi connectivity index (χ2v) is 8.10. The molecule has 0 saturated carbocycles. The Balaban J connectivity index is 1.65. The molecule has 0 radical (unpaired) electrons. The fourth-order valence-corrected chi connectivity index (χ4v) is 3.77. The number of nitrogen functional groups attached to an aromatic ring is 1. The highest BCUT2D eigenvalue weighted by Crippen LogP contribution is 2.32. The highest BCUT2D eigenvalue weighted by Gasteiger charge is 2.33. The largest absolute Gasteiger partial charge is 0.459 e. The van der Waals surface area contributed by atoms with Crippen LogP contribution in [0.1, 0.15) is 31.2 Å². The van der Waals surface area contributed by atoms with E-state index in [0.29, 0.717) is 44.8 Å². The predicted octanol–water partition coefficient (Wildman–Crippen LogP) is 4.84. The molecule has 0 bridgehead atoms. The van der Waals surface area contributed by atoms with Crippen LogP contribution in [0.2, 0.25) is 5.02 Å². The summed E-state index contributed by atoms with van der Waals surface area (Å²) in [6.07, 6.45) is 0. The van der Waals surface area contributed by atoms with Crippen molar-refractivity contribution in [3.05, 3.63) is 82.2 Å². The molecular formula is C24H22ClN5O3. The van der Waals surface area contributed by atoms with Gasteiger partial charge in [0.05, 0.1) is 5.57 Å². The maximum Gasteiger partial charge on any atom is 0.319 e. The Morgan fingerprint density at radius 3 is 2.58 bits per heavy atom. The van der Waals surface area contributed by atoms with Crippen LogP contribution in [0, 0.1) is 5.41 Å². The van der Waals surface area contributed by atoms with Crippen molar-refractivity contribution in [3.8, 4) is 11.3 Å². The third-order valence-corrected chi connectivity index (χ3v) is 5.52. The molecule has 33 heavy (non-hydrogen) atoms. The highest BCUT2D eigenvalue weighted by atomic mass is 35.5. The predicted molar refractivity (Wildman–Crippen MR) is 128 cm³/mol. The first-order valence-corrected chi connectivity index (χ1v) is 10.5. The van der Waals surface area contributed by atoms with Crippen LogP contribution in [0.4, 0.5) is 16.2 Å². The van der Waals surface area contributed by atoms with E-state index in [0.717, 1.165) is 5.56 Å². The van der Waals surface area contributed by atoms with Crippen LogP contribution >= 0.6 is 11.6 Å². The first kappa shape index (κ1) is 22.2. The molecule has 3 amide bonds. The number of carbonyl (C=O) groups is 2. The first-order valence-electron chi connectivity index (χ1n) is 10.1. The molecule has 1 aliphatic rings. The molecule has 0 spiro atoms. The molecule has 3 aromatic rings. The van der Waals surface area contributed by atoms with Crippen LogP contribution in [-0.4, -0.2) is 17.6 Å². The van der Waals surface area contributed by atoms with E-state index < -0.39 is 18.0 Å². The zero-order valence-electron chi connectivity index (χ0n) is 18.0. The molecule has 1 aliphatic heterocycles. The molecule has 1 aromatic heterocycles. The number of hydrogen-bond donors (Lipinski definition) is 5. The topological polar surface area (TPSA) is 133 Å². The van der Waals surface area contributed by atoms with E-state index in [2.05, 4.69) is 16.0 Å². The van der Waals surface area contributed by atoms with Crippen LogP contribution in [0.25, 0.3) is 11.3 Å². The van der Waals surface area contributed by atoms with E-state index in [1.165, 1.54) is 0 Å². The molecule has 2 aromatic carbocycles. The molecule has 8 nitrogen and oxygen atoms in total. The molecule has 2 heterocycles. The van der Waals surface area contributed by atoms with Crippen molar-refractivity contribution in [2.45, 2.75) is 19.9 Å². The maximum absolute atomic E-state index is 13.2. The summed E-state index contributed by atoms with van der Waals surface area (Å²) in [4.78, 5) is 25.4. The average molecular weight is 464 g/mol. The molecule has 0 saturated heterocycles. The number of nitrogens with one attached hydrogen (secondary N) is 4. The second kappa shape index (κ2) is 8.84. The van der Waals surface area contributed by atoms with Gasteiger partial charge in [0.15, 0.2) is 0 Å². The lowest BCUT2D eigenvalue weighted by molar-refractivity contribution is -0.113. The van der Waals surface area contributed by atoms with Gasteiger partial charge in [-0.05, 0) is 68.4 Å². The zero-order chi connectivity index (χ0) is 23.7. The van der Waals surface area contributed by atoms with Gasteiger partial charge >= 0.3 is 6.03 Å². The summed E-state index contributed by atoms with van der Waals surface area (Å²) in [5, 5.41) is 16.7.